The zero-order valence-corrected chi connectivity index (χ0v) is 9.02. The van der Waals surface area contributed by atoms with Gasteiger partial charge in [0.25, 0.3) is 0 Å². The third-order valence-corrected chi connectivity index (χ3v) is 5.11. The van der Waals surface area contributed by atoms with Crippen molar-refractivity contribution in [1.82, 2.24) is 0 Å². The number of rotatable bonds is 2. The van der Waals surface area contributed by atoms with Crippen LogP contribution in [0.25, 0.3) is 0 Å². The van der Waals surface area contributed by atoms with Crippen molar-refractivity contribution in [2.45, 2.75) is 18.0 Å². The number of carbonyl (C=O) groups is 1. The Hall–Kier alpha value is 0.0795. The summed E-state index contributed by atoms with van der Waals surface area (Å²) in [5.74, 6) is -0.149. The number of esters is 1. The molecule has 4 heteroatoms. The molecule has 0 aliphatic carbocycles. The average Bonchev–Trinajstić information content (AvgIpc) is 2.36. The Labute approximate surface area is 76.9 Å². The normalized spacial score (nSPS) is 23.1. The summed E-state index contributed by atoms with van der Waals surface area (Å²) >= 11 is 2.11. The molecule has 0 spiro atoms. The van der Waals surface area contributed by atoms with Gasteiger partial charge in [0.05, 0.1) is 0 Å². The third kappa shape index (κ3) is 2.54. The summed E-state index contributed by atoms with van der Waals surface area (Å²) in [5.41, 5.74) is 0. The molecular formula is C7H10O2SSe. The summed E-state index contributed by atoms with van der Waals surface area (Å²) in [5, 5.41) is 0. The van der Waals surface area contributed by atoms with Gasteiger partial charge in [-0.05, 0) is 0 Å². The standard InChI is InChI=1S/C7H10O2SSe/c1-3-9-7(8)6-4-11-5(2)10-6/h4-5H,3H2,1-2H3. The molecule has 1 atom stereocenters. The van der Waals surface area contributed by atoms with Crippen LogP contribution in [0.15, 0.2) is 9.88 Å². The first-order valence-corrected chi connectivity index (χ1v) is 6.29. The molecule has 0 aromatic heterocycles. The molecule has 0 radical (unpaired) electrons. The molecule has 0 aromatic carbocycles. The van der Waals surface area contributed by atoms with E-state index in [0.29, 0.717) is 25.7 Å². The van der Waals surface area contributed by atoms with E-state index >= 15 is 0 Å². The van der Waals surface area contributed by atoms with Crippen LogP contribution in [0.4, 0.5) is 0 Å². The molecule has 0 bridgehead atoms. The molecule has 1 aliphatic heterocycles. The van der Waals surface area contributed by atoms with Crippen molar-refractivity contribution in [3.05, 3.63) is 9.88 Å². The Kier molecular flexibility index (Phi) is 3.49. The number of hydrogen-bond acceptors (Lipinski definition) is 3. The van der Waals surface area contributed by atoms with Crippen molar-refractivity contribution in [1.29, 1.82) is 0 Å². The maximum absolute atomic E-state index is 11.1. The Bertz CT molecular complexity index is 191. The first kappa shape index (κ1) is 9.17. The van der Waals surface area contributed by atoms with Crippen LogP contribution in [-0.2, 0) is 9.53 Å². The van der Waals surface area contributed by atoms with Gasteiger partial charge < -0.3 is 0 Å². The SMILES string of the molecule is CCOC(=O)C1=C[Se]C(C)S1. The molecule has 2 nitrogen and oxygen atoms in total. The predicted octanol–water partition coefficient (Wildman–Crippen LogP) is 1.19. The van der Waals surface area contributed by atoms with Crippen LogP contribution >= 0.6 is 11.8 Å². The van der Waals surface area contributed by atoms with E-state index in [1.807, 2.05) is 11.9 Å². The van der Waals surface area contributed by atoms with Crippen molar-refractivity contribution >= 4 is 32.7 Å². The van der Waals surface area contributed by atoms with Gasteiger partial charge in [-0.2, -0.15) is 0 Å². The number of hydrogen-bond donors (Lipinski definition) is 0. The number of thioether (sulfide) groups is 1. The van der Waals surface area contributed by atoms with E-state index in [4.69, 9.17) is 4.74 Å². The Morgan fingerprint density at radius 2 is 2.64 bits per heavy atom. The Morgan fingerprint density at radius 1 is 1.91 bits per heavy atom. The van der Waals surface area contributed by atoms with Gasteiger partial charge in [-0.3, -0.25) is 0 Å². The van der Waals surface area contributed by atoms with Crippen LogP contribution in [0.5, 0.6) is 0 Å². The molecule has 0 saturated heterocycles. The Balaban J connectivity index is 2.43. The van der Waals surface area contributed by atoms with E-state index in [1.54, 1.807) is 11.8 Å². The fourth-order valence-corrected chi connectivity index (χ4v) is 4.11. The van der Waals surface area contributed by atoms with E-state index in [2.05, 4.69) is 6.92 Å². The van der Waals surface area contributed by atoms with Crippen LogP contribution in [0.1, 0.15) is 13.8 Å². The quantitative estimate of drug-likeness (QED) is 0.533. The maximum atomic E-state index is 11.1. The second kappa shape index (κ2) is 4.19. The zero-order valence-electron chi connectivity index (χ0n) is 6.49. The monoisotopic (exact) mass is 238 g/mol. The van der Waals surface area contributed by atoms with Gasteiger partial charge in [0.15, 0.2) is 0 Å². The van der Waals surface area contributed by atoms with Crippen molar-refractivity contribution in [3.63, 3.8) is 0 Å². The first-order valence-electron chi connectivity index (χ1n) is 3.43. The molecule has 0 saturated carbocycles. The van der Waals surface area contributed by atoms with Crippen LogP contribution in [0.3, 0.4) is 0 Å². The minimum absolute atomic E-state index is 0.149. The van der Waals surface area contributed by atoms with Crippen LogP contribution < -0.4 is 0 Å². The van der Waals surface area contributed by atoms with Crippen molar-refractivity contribution in [2.75, 3.05) is 6.61 Å². The van der Waals surface area contributed by atoms with Gasteiger partial charge in [-0.15, -0.1) is 0 Å². The fraction of sp³-hybridized carbons (Fsp3) is 0.571. The van der Waals surface area contributed by atoms with Gasteiger partial charge in [0.2, 0.25) is 0 Å². The van der Waals surface area contributed by atoms with Gasteiger partial charge >= 0.3 is 76.7 Å². The van der Waals surface area contributed by atoms with E-state index in [0.717, 1.165) is 4.91 Å². The fourth-order valence-electron chi connectivity index (χ4n) is 0.690. The third-order valence-electron chi connectivity index (χ3n) is 1.14. The van der Waals surface area contributed by atoms with Gasteiger partial charge in [-0.1, -0.05) is 0 Å². The minimum atomic E-state index is -0.149. The van der Waals surface area contributed by atoms with Crippen LogP contribution in [-0.4, -0.2) is 31.7 Å². The van der Waals surface area contributed by atoms with E-state index < -0.39 is 0 Å². The molecule has 1 heterocycles. The molecule has 62 valence electrons. The number of carbonyl (C=O) groups excluding carboxylic acids is 1. The van der Waals surface area contributed by atoms with Gasteiger partial charge in [-0.25, -0.2) is 0 Å². The number of ether oxygens (including phenoxy) is 1. The van der Waals surface area contributed by atoms with Crippen LogP contribution in [0, 0.1) is 0 Å². The summed E-state index contributed by atoms with van der Waals surface area (Å²) in [6.45, 7) is 4.43. The molecule has 0 aromatic rings. The molecule has 0 amide bonds. The summed E-state index contributed by atoms with van der Waals surface area (Å²) in [6, 6.07) is 0. The van der Waals surface area contributed by atoms with E-state index in [-0.39, 0.29) is 5.97 Å². The molecule has 1 aliphatic rings. The van der Waals surface area contributed by atoms with E-state index in [9.17, 15) is 4.79 Å². The molecule has 1 rings (SSSR count). The van der Waals surface area contributed by atoms with Crippen molar-refractivity contribution < 1.29 is 9.53 Å². The average molecular weight is 237 g/mol. The Morgan fingerprint density at radius 3 is 3.09 bits per heavy atom. The van der Waals surface area contributed by atoms with Crippen LogP contribution in [0.2, 0.25) is 0 Å². The topological polar surface area (TPSA) is 26.3 Å². The summed E-state index contributed by atoms with van der Waals surface area (Å²) in [7, 11) is 0. The molecule has 0 N–H and O–H groups in total. The summed E-state index contributed by atoms with van der Waals surface area (Å²) < 4.78 is 5.46. The summed E-state index contributed by atoms with van der Waals surface area (Å²) in [4.78, 5) is 13.9. The summed E-state index contributed by atoms with van der Waals surface area (Å²) in [6.07, 6.45) is 0. The predicted molar refractivity (Wildman–Crippen MR) is 47.5 cm³/mol. The molecule has 0 fully saturated rings. The first-order chi connectivity index (χ1) is 5.24. The van der Waals surface area contributed by atoms with E-state index in [1.165, 1.54) is 0 Å². The second-order valence-corrected chi connectivity index (χ2v) is 6.63. The molecule has 11 heavy (non-hydrogen) atoms. The second-order valence-electron chi connectivity index (χ2n) is 2.02. The van der Waals surface area contributed by atoms with Crippen molar-refractivity contribution in [3.8, 4) is 0 Å². The zero-order chi connectivity index (χ0) is 8.27. The van der Waals surface area contributed by atoms with Gasteiger partial charge in [0, 0.05) is 0 Å². The molecule has 1 unspecified atom stereocenters. The molecular weight excluding hydrogens is 227 g/mol. The van der Waals surface area contributed by atoms with Gasteiger partial charge in [0.1, 0.15) is 0 Å². The van der Waals surface area contributed by atoms with Crippen molar-refractivity contribution in [2.24, 2.45) is 0 Å².